The summed E-state index contributed by atoms with van der Waals surface area (Å²) in [7, 11) is 0. The smallest absolute Gasteiger partial charge is 0.270 e. The van der Waals surface area contributed by atoms with Crippen LogP contribution in [-0.2, 0) is 6.42 Å². The van der Waals surface area contributed by atoms with Gasteiger partial charge in [0, 0.05) is 37.5 Å². The summed E-state index contributed by atoms with van der Waals surface area (Å²) in [6.07, 6.45) is 3.56. The van der Waals surface area contributed by atoms with E-state index in [2.05, 4.69) is 9.97 Å². The van der Waals surface area contributed by atoms with Crippen molar-refractivity contribution in [2.24, 2.45) is 5.92 Å². The number of hydrogen-bond donors (Lipinski definition) is 2. The predicted octanol–water partition coefficient (Wildman–Crippen LogP) is 0.445. The van der Waals surface area contributed by atoms with Crippen LogP contribution in [-0.4, -0.2) is 45.1 Å². The number of rotatable bonds is 3. The number of aromatic amines is 1. The van der Waals surface area contributed by atoms with Crippen LogP contribution in [0, 0.1) is 5.92 Å². The molecule has 1 saturated heterocycles. The molecule has 0 aromatic carbocycles. The molecular weight excluding hydrogens is 282 g/mol. The van der Waals surface area contributed by atoms with Crippen molar-refractivity contribution in [1.29, 1.82) is 0 Å². The molecule has 114 valence electrons. The molecule has 1 aliphatic heterocycles. The Morgan fingerprint density at radius 3 is 2.77 bits per heavy atom. The number of aliphatic hydroxyl groups excluding tert-OH is 1. The molecule has 2 aromatic rings. The van der Waals surface area contributed by atoms with Crippen molar-refractivity contribution in [3.05, 3.63) is 64.3 Å². The van der Waals surface area contributed by atoms with Crippen molar-refractivity contribution in [2.45, 2.75) is 12.5 Å². The van der Waals surface area contributed by atoms with Gasteiger partial charge in [-0.3, -0.25) is 14.6 Å². The number of H-pyrrole nitrogens is 1. The average molecular weight is 299 g/mol. The van der Waals surface area contributed by atoms with Crippen LogP contribution in [0.1, 0.15) is 16.1 Å². The number of aliphatic hydroxyl groups is 1. The van der Waals surface area contributed by atoms with E-state index in [1.165, 1.54) is 6.07 Å². The number of carbonyl (C=O) groups excluding carboxylic acids is 1. The molecule has 0 bridgehead atoms. The molecule has 1 amide bonds. The summed E-state index contributed by atoms with van der Waals surface area (Å²) < 4.78 is 0. The van der Waals surface area contributed by atoms with Crippen molar-refractivity contribution < 1.29 is 9.90 Å². The van der Waals surface area contributed by atoms with Crippen LogP contribution >= 0.6 is 0 Å². The number of nitrogens with zero attached hydrogens (tertiary/aromatic N) is 2. The Kier molecular flexibility index (Phi) is 4.02. The van der Waals surface area contributed by atoms with Gasteiger partial charge in [-0.25, -0.2) is 0 Å². The minimum absolute atomic E-state index is 0.0122. The third kappa shape index (κ3) is 3.07. The molecule has 6 nitrogen and oxygen atoms in total. The fourth-order valence-corrected chi connectivity index (χ4v) is 2.79. The third-order valence-corrected chi connectivity index (χ3v) is 3.94. The normalized spacial score (nSPS) is 21.0. The number of aromatic nitrogens is 2. The lowest BCUT2D eigenvalue weighted by atomic mass is 9.97. The summed E-state index contributed by atoms with van der Waals surface area (Å²) in [6, 6.07) is 8.30. The van der Waals surface area contributed by atoms with Gasteiger partial charge in [-0.05, 0) is 30.2 Å². The molecule has 3 heterocycles. The van der Waals surface area contributed by atoms with E-state index >= 15 is 0 Å². The quantitative estimate of drug-likeness (QED) is 0.861. The molecule has 0 spiro atoms. The predicted molar refractivity (Wildman–Crippen MR) is 80.4 cm³/mol. The van der Waals surface area contributed by atoms with E-state index in [1.54, 1.807) is 29.4 Å². The summed E-state index contributed by atoms with van der Waals surface area (Å²) in [5, 5.41) is 10.2. The maximum absolute atomic E-state index is 12.4. The lowest BCUT2D eigenvalue weighted by Gasteiger charge is -2.15. The molecule has 3 rings (SSSR count). The fourth-order valence-electron chi connectivity index (χ4n) is 2.79. The first-order valence-corrected chi connectivity index (χ1v) is 7.19. The second-order valence-corrected chi connectivity index (χ2v) is 5.53. The van der Waals surface area contributed by atoms with Gasteiger partial charge in [0.1, 0.15) is 5.69 Å². The van der Waals surface area contributed by atoms with Crippen LogP contribution in [0.5, 0.6) is 0 Å². The van der Waals surface area contributed by atoms with Gasteiger partial charge in [-0.1, -0.05) is 6.07 Å². The Labute approximate surface area is 127 Å². The number of hydrogen-bond acceptors (Lipinski definition) is 4. The summed E-state index contributed by atoms with van der Waals surface area (Å²) in [5.74, 6) is -0.268. The van der Waals surface area contributed by atoms with E-state index in [0.29, 0.717) is 13.0 Å². The Morgan fingerprint density at radius 2 is 2.05 bits per heavy atom. The van der Waals surface area contributed by atoms with Gasteiger partial charge in [0.2, 0.25) is 5.56 Å². The van der Waals surface area contributed by atoms with Gasteiger partial charge in [-0.2, -0.15) is 0 Å². The molecule has 0 unspecified atom stereocenters. The first kappa shape index (κ1) is 14.5. The van der Waals surface area contributed by atoms with E-state index in [0.717, 1.165) is 5.56 Å². The Balaban J connectivity index is 1.70. The highest BCUT2D eigenvalue weighted by Crippen LogP contribution is 2.22. The molecule has 0 radical (unpaired) electrons. The van der Waals surface area contributed by atoms with Crippen molar-refractivity contribution in [1.82, 2.24) is 14.9 Å². The highest BCUT2D eigenvalue weighted by Gasteiger charge is 2.34. The number of pyridine rings is 2. The number of amides is 1. The number of likely N-dealkylation sites (tertiary alicyclic amines) is 1. The monoisotopic (exact) mass is 299 g/mol. The number of nitrogens with one attached hydrogen (secondary N) is 1. The number of β-amino-alcohol motifs (C(OH)–C–C–N with tert-alkyl or cyclic N) is 1. The van der Waals surface area contributed by atoms with Gasteiger partial charge in [-0.15, -0.1) is 0 Å². The minimum atomic E-state index is -0.562. The van der Waals surface area contributed by atoms with E-state index in [1.807, 2.05) is 12.1 Å². The fraction of sp³-hybridized carbons (Fsp3) is 0.312. The van der Waals surface area contributed by atoms with Crippen LogP contribution < -0.4 is 5.56 Å². The molecule has 1 aliphatic rings. The van der Waals surface area contributed by atoms with E-state index in [-0.39, 0.29) is 29.6 Å². The average Bonchev–Trinajstić information content (AvgIpc) is 2.88. The van der Waals surface area contributed by atoms with Crippen LogP contribution in [0.25, 0.3) is 0 Å². The molecule has 2 aromatic heterocycles. The SMILES string of the molecule is O=C(c1cccc(=O)[nH]1)N1C[C@@H](Cc2ccncc2)[C@@H](O)C1. The second-order valence-electron chi connectivity index (χ2n) is 5.53. The third-order valence-electron chi connectivity index (χ3n) is 3.94. The zero-order valence-corrected chi connectivity index (χ0v) is 12.0. The standard InChI is InChI=1S/C16H17N3O3/c20-14-10-19(16(22)13-2-1-3-15(21)18-13)9-12(14)8-11-4-6-17-7-5-11/h1-7,12,14,20H,8-10H2,(H,18,21)/t12-,14+/m1/s1. The van der Waals surface area contributed by atoms with Gasteiger partial charge >= 0.3 is 0 Å². The Hall–Kier alpha value is -2.47. The highest BCUT2D eigenvalue weighted by molar-refractivity contribution is 5.92. The largest absolute Gasteiger partial charge is 0.391 e. The summed E-state index contributed by atoms with van der Waals surface area (Å²) >= 11 is 0. The van der Waals surface area contributed by atoms with Crippen LogP contribution in [0.2, 0.25) is 0 Å². The van der Waals surface area contributed by atoms with E-state index in [9.17, 15) is 14.7 Å². The molecule has 1 fully saturated rings. The van der Waals surface area contributed by atoms with Gasteiger partial charge in [0.05, 0.1) is 6.10 Å². The zero-order valence-electron chi connectivity index (χ0n) is 12.0. The van der Waals surface area contributed by atoms with E-state index in [4.69, 9.17) is 0 Å². The number of carbonyl (C=O) groups is 1. The van der Waals surface area contributed by atoms with Gasteiger partial charge in [0.15, 0.2) is 0 Å². The molecule has 0 aliphatic carbocycles. The van der Waals surface area contributed by atoms with Crippen LogP contribution in [0.15, 0.2) is 47.5 Å². The van der Waals surface area contributed by atoms with Gasteiger partial charge < -0.3 is 15.0 Å². The molecule has 0 saturated carbocycles. The molecular formula is C16H17N3O3. The minimum Gasteiger partial charge on any atom is -0.391 e. The van der Waals surface area contributed by atoms with Crippen LogP contribution in [0.3, 0.4) is 0 Å². The van der Waals surface area contributed by atoms with Crippen molar-refractivity contribution in [2.75, 3.05) is 13.1 Å². The molecule has 2 N–H and O–H groups in total. The first-order chi connectivity index (χ1) is 10.6. The second kappa shape index (κ2) is 6.11. The van der Waals surface area contributed by atoms with Gasteiger partial charge in [0.25, 0.3) is 5.91 Å². The maximum atomic E-state index is 12.4. The van der Waals surface area contributed by atoms with Crippen molar-refractivity contribution in [3.63, 3.8) is 0 Å². The Bertz CT molecular complexity index is 714. The summed E-state index contributed by atoms with van der Waals surface area (Å²) in [5.41, 5.74) is 1.03. The molecule has 2 atom stereocenters. The van der Waals surface area contributed by atoms with E-state index < -0.39 is 6.10 Å². The topological polar surface area (TPSA) is 86.3 Å². The summed E-state index contributed by atoms with van der Waals surface area (Å²) in [4.78, 5) is 31.8. The Morgan fingerprint density at radius 1 is 1.27 bits per heavy atom. The molecule has 22 heavy (non-hydrogen) atoms. The molecule has 6 heteroatoms. The lowest BCUT2D eigenvalue weighted by molar-refractivity contribution is 0.0758. The van der Waals surface area contributed by atoms with Crippen molar-refractivity contribution >= 4 is 5.91 Å². The van der Waals surface area contributed by atoms with Crippen molar-refractivity contribution in [3.8, 4) is 0 Å². The maximum Gasteiger partial charge on any atom is 0.270 e. The first-order valence-electron chi connectivity index (χ1n) is 7.19. The lowest BCUT2D eigenvalue weighted by Crippen LogP contribution is -2.31. The summed E-state index contributed by atoms with van der Waals surface area (Å²) in [6.45, 7) is 0.755. The van der Waals surface area contributed by atoms with Crippen LogP contribution in [0.4, 0.5) is 0 Å². The zero-order chi connectivity index (χ0) is 15.5. The highest BCUT2D eigenvalue weighted by atomic mass is 16.3.